The molecule has 0 N–H and O–H groups in total. The van der Waals surface area contributed by atoms with Crippen LogP contribution in [0.1, 0.15) is 5.69 Å². The maximum absolute atomic E-state index is 11.3. The molecule has 4 rings (SSSR count). The second-order valence-electron chi connectivity index (χ2n) is 5.28. The van der Waals surface area contributed by atoms with Gasteiger partial charge in [0.15, 0.2) is 0 Å². The van der Waals surface area contributed by atoms with Gasteiger partial charge in [0.25, 0.3) is 0 Å². The normalized spacial score (nSPS) is 10.9. The largest absolute Gasteiger partial charge is 0.241 e. The van der Waals surface area contributed by atoms with Crippen LogP contribution < -0.4 is 0 Å². The standard InChI is InChI=1S/C18H12N4OS/c1-11-16(24-18(19-11)12-7-3-2-4-8-12)15-17(22-23)21-14-10-6-5-9-13(14)20-15/h2-10H,1H3. The number of benzene rings is 2. The molecule has 6 heteroatoms. The average Bonchev–Trinajstić information content (AvgIpc) is 3.03. The third-order valence-electron chi connectivity index (χ3n) is 3.67. The molecule has 4 aromatic rings. The van der Waals surface area contributed by atoms with E-state index in [0.717, 1.165) is 26.7 Å². The summed E-state index contributed by atoms with van der Waals surface area (Å²) >= 11 is 1.49. The molecular formula is C18H12N4OS. The number of thiazole rings is 1. The van der Waals surface area contributed by atoms with E-state index in [0.29, 0.717) is 11.2 Å². The van der Waals surface area contributed by atoms with Crippen LogP contribution in [0.15, 0.2) is 59.8 Å². The molecule has 2 aromatic heterocycles. The number of aryl methyl sites for hydroxylation is 1. The smallest absolute Gasteiger partial charge is 0.224 e. The SMILES string of the molecule is Cc1nc(-c2ccccc2)sc1-c1nc2ccccc2nc1N=O. The molecular weight excluding hydrogens is 320 g/mol. The van der Waals surface area contributed by atoms with Crippen LogP contribution in [0.4, 0.5) is 5.82 Å². The number of aromatic nitrogens is 3. The summed E-state index contributed by atoms with van der Waals surface area (Å²) in [5, 5.41) is 3.96. The zero-order chi connectivity index (χ0) is 16.5. The lowest BCUT2D eigenvalue weighted by molar-refractivity contribution is 1.22. The Balaban J connectivity index is 1.91. The van der Waals surface area contributed by atoms with Crippen molar-refractivity contribution in [2.75, 3.05) is 0 Å². The monoisotopic (exact) mass is 332 g/mol. The minimum absolute atomic E-state index is 0.0973. The highest BCUT2D eigenvalue weighted by Gasteiger charge is 2.18. The summed E-state index contributed by atoms with van der Waals surface area (Å²) in [6, 6.07) is 17.4. The number of rotatable bonds is 3. The Bertz CT molecular complexity index is 1040. The molecule has 0 saturated heterocycles. The molecule has 0 aliphatic carbocycles. The highest BCUT2D eigenvalue weighted by Crippen LogP contribution is 2.38. The lowest BCUT2D eigenvalue weighted by Gasteiger charge is -2.03. The highest BCUT2D eigenvalue weighted by atomic mass is 32.1. The first kappa shape index (κ1) is 14.6. The molecule has 0 aliphatic heterocycles. The van der Waals surface area contributed by atoms with E-state index in [1.54, 1.807) is 0 Å². The van der Waals surface area contributed by atoms with Crippen molar-refractivity contribution in [1.29, 1.82) is 0 Å². The molecule has 2 heterocycles. The Labute approximate surface area is 142 Å². The van der Waals surface area contributed by atoms with Crippen LogP contribution in [0.2, 0.25) is 0 Å². The van der Waals surface area contributed by atoms with Gasteiger partial charge in [0, 0.05) is 5.56 Å². The highest BCUT2D eigenvalue weighted by molar-refractivity contribution is 7.18. The Morgan fingerprint density at radius 1 is 0.875 bits per heavy atom. The first-order chi connectivity index (χ1) is 11.8. The number of hydrogen-bond donors (Lipinski definition) is 0. The quantitative estimate of drug-likeness (QED) is 0.488. The molecule has 0 aliphatic rings. The van der Waals surface area contributed by atoms with Crippen LogP contribution in [0.25, 0.3) is 32.2 Å². The fourth-order valence-corrected chi connectivity index (χ4v) is 3.58. The summed E-state index contributed by atoms with van der Waals surface area (Å²) in [7, 11) is 0. The lowest BCUT2D eigenvalue weighted by atomic mass is 10.2. The first-order valence-electron chi connectivity index (χ1n) is 7.39. The Kier molecular flexibility index (Phi) is 3.59. The number of fused-ring (bicyclic) bond motifs is 1. The zero-order valence-electron chi connectivity index (χ0n) is 12.8. The van der Waals surface area contributed by atoms with E-state index in [1.165, 1.54) is 11.3 Å². The number of para-hydroxylation sites is 2. The molecule has 0 atom stereocenters. The number of hydrogen-bond acceptors (Lipinski definition) is 6. The third-order valence-corrected chi connectivity index (χ3v) is 4.88. The van der Waals surface area contributed by atoms with E-state index in [9.17, 15) is 4.91 Å². The van der Waals surface area contributed by atoms with Gasteiger partial charge >= 0.3 is 0 Å². The maximum Gasteiger partial charge on any atom is 0.224 e. The molecule has 116 valence electrons. The van der Waals surface area contributed by atoms with E-state index >= 15 is 0 Å². The third kappa shape index (κ3) is 2.47. The predicted molar refractivity (Wildman–Crippen MR) is 96.3 cm³/mol. The van der Waals surface area contributed by atoms with E-state index < -0.39 is 0 Å². The van der Waals surface area contributed by atoms with Crippen LogP contribution in [0.3, 0.4) is 0 Å². The number of nitroso groups, excluding NO2 is 1. The minimum atomic E-state index is 0.0973. The van der Waals surface area contributed by atoms with Crippen LogP contribution in [-0.4, -0.2) is 15.0 Å². The van der Waals surface area contributed by atoms with Gasteiger partial charge in [-0.3, -0.25) is 0 Å². The fraction of sp³-hybridized carbons (Fsp3) is 0.0556. The molecule has 2 aromatic carbocycles. The topological polar surface area (TPSA) is 68.1 Å². The van der Waals surface area contributed by atoms with Gasteiger partial charge in [-0.15, -0.1) is 16.2 Å². The summed E-state index contributed by atoms with van der Waals surface area (Å²) in [4.78, 5) is 25.6. The van der Waals surface area contributed by atoms with Gasteiger partial charge < -0.3 is 0 Å². The Hall–Kier alpha value is -2.99. The molecule has 5 nitrogen and oxygen atoms in total. The fourth-order valence-electron chi connectivity index (χ4n) is 2.53. The van der Waals surface area contributed by atoms with Gasteiger partial charge in [-0.1, -0.05) is 42.5 Å². The van der Waals surface area contributed by atoms with Crippen LogP contribution in [-0.2, 0) is 0 Å². The Morgan fingerprint density at radius 3 is 2.25 bits per heavy atom. The summed E-state index contributed by atoms with van der Waals surface area (Å²) in [5.74, 6) is 0.0973. The molecule has 0 fully saturated rings. The minimum Gasteiger partial charge on any atom is -0.241 e. The Morgan fingerprint density at radius 2 is 1.54 bits per heavy atom. The van der Waals surface area contributed by atoms with Gasteiger partial charge in [-0.25, -0.2) is 15.0 Å². The van der Waals surface area contributed by atoms with Crippen molar-refractivity contribution in [3.05, 3.63) is 65.2 Å². The van der Waals surface area contributed by atoms with E-state index in [4.69, 9.17) is 0 Å². The van der Waals surface area contributed by atoms with Gasteiger partial charge in [-0.2, -0.15) is 0 Å². The van der Waals surface area contributed by atoms with E-state index in [-0.39, 0.29) is 5.82 Å². The molecule has 24 heavy (non-hydrogen) atoms. The van der Waals surface area contributed by atoms with Crippen molar-refractivity contribution >= 4 is 28.2 Å². The number of nitrogens with zero attached hydrogens (tertiary/aromatic N) is 4. The van der Waals surface area contributed by atoms with Crippen molar-refractivity contribution in [2.24, 2.45) is 5.18 Å². The maximum atomic E-state index is 11.3. The molecule has 0 radical (unpaired) electrons. The molecule has 0 bridgehead atoms. The molecule has 0 spiro atoms. The van der Waals surface area contributed by atoms with Crippen LogP contribution in [0.5, 0.6) is 0 Å². The van der Waals surface area contributed by atoms with Crippen molar-refractivity contribution < 1.29 is 0 Å². The van der Waals surface area contributed by atoms with Crippen molar-refractivity contribution in [3.8, 4) is 21.1 Å². The summed E-state index contributed by atoms with van der Waals surface area (Å²) in [5.41, 5.74) is 3.72. The first-order valence-corrected chi connectivity index (χ1v) is 8.21. The molecule has 0 amide bonds. The predicted octanol–water partition coefficient (Wildman–Crippen LogP) is 5.13. The average molecular weight is 332 g/mol. The van der Waals surface area contributed by atoms with E-state index in [2.05, 4.69) is 20.1 Å². The zero-order valence-corrected chi connectivity index (χ0v) is 13.6. The van der Waals surface area contributed by atoms with Crippen LogP contribution >= 0.6 is 11.3 Å². The van der Waals surface area contributed by atoms with Gasteiger partial charge in [-0.05, 0) is 24.2 Å². The summed E-state index contributed by atoms with van der Waals surface area (Å²) in [6.45, 7) is 1.91. The summed E-state index contributed by atoms with van der Waals surface area (Å²) in [6.07, 6.45) is 0. The molecule has 0 unspecified atom stereocenters. The van der Waals surface area contributed by atoms with Crippen molar-refractivity contribution in [2.45, 2.75) is 6.92 Å². The van der Waals surface area contributed by atoms with Crippen molar-refractivity contribution in [3.63, 3.8) is 0 Å². The van der Waals surface area contributed by atoms with Gasteiger partial charge in [0.2, 0.25) is 5.82 Å². The summed E-state index contributed by atoms with van der Waals surface area (Å²) < 4.78 is 0. The van der Waals surface area contributed by atoms with Crippen molar-refractivity contribution in [1.82, 2.24) is 15.0 Å². The molecule has 0 saturated carbocycles. The second kappa shape index (κ2) is 5.90. The van der Waals surface area contributed by atoms with Crippen LogP contribution in [0, 0.1) is 11.8 Å². The second-order valence-corrected chi connectivity index (χ2v) is 6.27. The van der Waals surface area contributed by atoms with Gasteiger partial charge in [0.1, 0.15) is 10.7 Å². The van der Waals surface area contributed by atoms with E-state index in [1.807, 2.05) is 61.5 Å². The van der Waals surface area contributed by atoms with Gasteiger partial charge in [0.05, 0.1) is 21.6 Å². The lowest BCUT2D eigenvalue weighted by Crippen LogP contribution is -1.90.